The summed E-state index contributed by atoms with van der Waals surface area (Å²) in [6, 6.07) is 19.8. The van der Waals surface area contributed by atoms with E-state index in [0.717, 1.165) is 38.8 Å². The minimum Gasteiger partial charge on any atom is -0.496 e. The van der Waals surface area contributed by atoms with Gasteiger partial charge in [-0.2, -0.15) is 0 Å². The Kier molecular flexibility index (Phi) is 6.31. The van der Waals surface area contributed by atoms with E-state index in [9.17, 15) is 4.79 Å². The molecule has 1 aliphatic rings. The van der Waals surface area contributed by atoms with Crippen molar-refractivity contribution in [1.29, 1.82) is 0 Å². The summed E-state index contributed by atoms with van der Waals surface area (Å²) >= 11 is 0. The molecule has 0 unspecified atom stereocenters. The Morgan fingerprint density at radius 2 is 1.60 bits per heavy atom. The predicted octanol–water partition coefficient (Wildman–Crippen LogP) is 4.44. The second-order valence-corrected chi connectivity index (χ2v) is 8.66. The Balaban J connectivity index is 1.24. The van der Waals surface area contributed by atoms with Gasteiger partial charge in [-0.15, -0.1) is 0 Å². The second-order valence-electron chi connectivity index (χ2n) is 8.66. The first-order valence-corrected chi connectivity index (χ1v) is 11.7. The zero-order chi connectivity index (χ0) is 24.4. The highest BCUT2D eigenvalue weighted by atomic mass is 16.5. The van der Waals surface area contributed by atoms with Gasteiger partial charge in [-0.05, 0) is 53.6 Å². The van der Waals surface area contributed by atoms with Gasteiger partial charge >= 0.3 is 0 Å². The first kappa shape index (κ1) is 22.8. The van der Waals surface area contributed by atoms with Gasteiger partial charge in [-0.1, -0.05) is 30.3 Å². The van der Waals surface area contributed by atoms with Crippen LogP contribution in [0.5, 0.6) is 17.2 Å². The number of rotatable bonds is 6. The van der Waals surface area contributed by atoms with Gasteiger partial charge in [0.05, 0.1) is 14.2 Å². The molecule has 1 aliphatic heterocycles. The summed E-state index contributed by atoms with van der Waals surface area (Å²) in [6.45, 7) is 4.72. The van der Waals surface area contributed by atoms with E-state index in [1.807, 2.05) is 53.4 Å². The van der Waals surface area contributed by atoms with E-state index in [4.69, 9.17) is 19.2 Å². The molecule has 0 aliphatic carbocycles. The number of benzene rings is 3. The van der Waals surface area contributed by atoms with Gasteiger partial charge in [-0.25, -0.2) is 4.98 Å². The van der Waals surface area contributed by atoms with E-state index in [-0.39, 0.29) is 12.5 Å². The summed E-state index contributed by atoms with van der Waals surface area (Å²) in [5.74, 6) is 3.06. The maximum atomic E-state index is 12.8. The van der Waals surface area contributed by atoms with Crippen LogP contribution in [-0.2, 0) is 4.79 Å². The molecule has 0 bridgehead atoms. The molecule has 1 fully saturated rings. The zero-order valence-corrected chi connectivity index (χ0v) is 20.3. The summed E-state index contributed by atoms with van der Waals surface area (Å²) in [4.78, 5) is 21.8. The Morgan fingerprint density at radius 3 is 2.34 bits per heavy atom. The van der Waals surface area contributed by atoms with Crippen molar-refractivity contribution in [3.63, 3.8) is 0 Å². The third-order valence-corrected chi connectivity index (χ3v) is 6.55. The van der Waals surface area contributed by atoms with Gasteiger partial charge in [-0.3, -0.25) is 4.79 Å². The predicted molar refractivity (Wildman–Crippen MR) is 138 cm³/mol. The molecule has 3 aromatic carbocycles. The van der Waals surface area contributed by atoms with Gasteiger partial charge in [0.2, 0.25) is 0 Å². The normalized spacial score (nSPS) is 13.8. The number of amides is 1. The molecule has 180 valence electrons. The fourth-order valence-electron chi connectivity index (χ4n) is 4.63. The summed E-state index contributed by atoms with van der Waals surface area (Å²) in [7, 11) is 3.31. The lowest BCUT2D eigenvalue weighted by molar-refractivity contribution is -0.133. The van der Waals surface area contributed by atoms with Crippen molar-refractivity contribution in [1.82, 2.24) is 9.88 Å². The molecule has 7 nitrogen and oxygen atoms in total. The Bertz CT molecular complexity index is 1380. The number of ether oxygens (including phenoxy) is 3. The molecule has 7 heteroatoms. The lowest BCUT2D eigenvalue weighted by Gasteiger charge is -2.35. The van der Waals surface area contributed by atoms with Crippen LogP contribution < -0.4 is 19.1 Å². The number of fused-ring (bicyclic) bond motifs is 2. The average Bonchev–Trinajstić information content (AvgIpc) is 2.91. The van der Waals surface area contributed by atoms with Gasteiger partial charge in [0.15, 0.2) is 6.61 Å². The number of piperazine rings is 1. The first-order chi connectivity index (χ1) is 17.1. The summed E-state index contributed by atoms with van der Waals surface area (Å²) in [5, 5.41) is 3.20. The number of aromatic nitrogens is 1. The Morgan fingerprint density at radius 1 is 0.886 bits per heavy atom. The standard InChI is InChI=1S/C28H29N3O4/c1-19-16-25(29-28-24(34-3)11-10-23(33-2)27(19)28)30-12-14-31(15-13-30)26(32)18-35-22-9-8-20-6-4-5-7-21(20)17-22/h4-11,16-17H,12-15,18H2,1-3H3. The highest BCUT2D eigenvalue weighted by molar-refractivity contribution is 5.94. The fourth-order valence-corrected chi connectivity index (χ4v) is 4.63. The average molecular weight is 472 g/mol. The van der Waals surface area contributed by atoms with E-state index >= 15 is 0 Å². The fraction of sp³-hybridized carbons (Fsp3) is 0.286. The van der Waals surface area contributed by atoms with Gasteiger partial charge in [0.1, 0.15) is 28.6 Å². The maximum absolute atomic E-state index is 12.8. The number of nitrogens with zero attached hydrogens (tertiary/aromatic N) is 3. The van der Waals surface area contributed by atoms with Crippen molar-refractivity contribution >= 4 is 33.4 Å². The van der Waals surface area contributed by atoms with Crippen LogP contribution in [0.2, 0.25) is 0 Å². The minimum atomic E-state index is -0.00753. The van der Waals surface area contributed by atoms with Crippen molar-refractivity contribution in [3.05, 3.63) is 66.2 Å². The highest BCUT2D eigenvalue weighted by Gasteiger charge is 2.23. The Labute approximate surface area is 204 Å². The van der Waals surface area contributed by atoms with E-state index in [1.54, 1.807) is 14.2 Å². The molecular formula is C28H29N3O4. The van der Waals surface area contributed by atoms with Crippen molar-refractivity contribution in [3.8, 4) is 17.2 Å². The maximum Gasteiger partial charge on any atom is 0.260 e. The molecule has 0 radical (unpaired) electrons. The number of methoxy groups -OCH3 is 2. The van der Waals surface area contributed by atoms with Crippen LogP contribution in [0.4, 0.5) is 5.82 Å². The number of hydrogen-bond donors (Lipinski definition) is 0. The number of aryl methyl sites for hydroxylation is 1. The van der Waals surface area contributed by atoms with Crippen LogP contribution in [0.15, 0.2) is 60.7 Å². The van der Waals surface area contributed by atoms with Gasteiger partial charge < -0.3 is 24.0 Å². The molecule has 35 heavy (non-hydrogen) atoms. The molecule has 5 rings (SSSR count). The van der Waals surface area contributed by atoms with Crippen LogP contribution in [0.1, 0.15) is 5.56 Å². The van der Waals surface area contributed by atoms with E-state index in [0.29, 0.717) is 37.7 Å². The zero-order valence-electron chi connectivity index (χ0n) is 20.3. The van der Waals surface area contributed by atoms with Crippen molar-refractivity contribution < 1.29 is 19.0 Å². The molecule has 2 heterocycles. The number of anilines is 1. The largest absolute Gasteiger partial charge is 0.496 e. The van der Waals surface area contributed by atoms with E-state index in [2.05, 4.69) is 24.0 Å². The van der Waals surface area contributed by atoms with Crippen LogP contribution in [-0.4, -0.2) is 62.8 Å². The molecule has 0 N–H and O–H groups in total. The van der Waals surface area contributed by atoms with Gasteiger partial charge in [0.25, 0.3) is 5.91 Å². The lowest BCUT2D eigenvalue weighted by Crippen LogP contribution is -2.50. The molecule has 0 spiro atoms. The minimum absolute atomic E-state index is 0.00753. The highest BCUT2D eigenvalue weighted by Crippen LogP contribution is 2.36. The van der Waals surface area contributed by atoms with Crippen LogP contribution >= 0.6 is 0 Å². The quantitative estimate of drug-likeness (QED) is 0.414. The Hall–Kier alpha value is -4.00. The number of carbonyl (C=O) groups excluding carboxylic acids is 1. The SMILES string of the molecule is COc1ccc(OC)c2c(C)cc(N3CCN(C(=O)COc4ccc5ccccc5c4)CC3)nc12. The summed E-state index contributed by atoms with van der Waals surface area (Å²) < 4.78 is 16.9. The number of carbonyl (C=O) groups is 1. The summed E-state index contributed by atoms with van der Waals surface area (Å²) in [6.07, 6.45) is 0. The molecule has 1 saturated heterocycles. The van der Waals surface area contributed by atoms with Crippen molar-refractivity contribution in [2.45, 2.75) is 6.92 Å². The summed E-state index contributed by atoms with van der Waals surface area (Å²) in [5.41, 5.74) is 1.85. The molecule has 1 aromatic heterocycles. The number of hydrogen-bond acceptors (Lipinski definition) is 6. The third-order valence-electron chi connectivity index (χ3n) is 6.55. The van der Waals surface area contributed by atoms with E-state index in [1.165, 1.54) is 0 Å². The third kappa shape index (κ3) is 4.54. The molecule has 4 aromatic rings. The monoisotopic (exact) mass is 471 g/mol. The van der Waals surface area contributed by atoms with Crippen LogP contribution in [0, 0.1) is 6.92 Å². The van der Waals surface area contributed by atoms with Crippen molar-refractivity contribution in [2.24, 2.45) is 0 Å². The lowest BCUT2D eigenvalue weighted by atomic mass is 10.1. The van der Waals surface area contributed by atoms with Crippen LogP contribution in [0.3, 0.4) is 0 Å². The van der Waals surface area contributed by atoms with E-state index < -0.39 is 0 Å². The molecule has 0 saturated carbocycles. The molecule has 1 amide bonds. The second kappa shape index (κ2) is 9.70. The molecule has 0 atom stereocenters. The molecular weight excluding hydrogens is 442 g/mol. The smallest absolute Gasteiger partial charge is 0.260 e. The first-order valence-electron chi connectivity index (χ1n) is 11.7. The topological polar surface area (TPSA) is 64.1 Å². The number of pyridine rings is 1. The van der Waals surface area contributed by atoms with Crippen molar-refractivity contribution in [2.75, 3.05) is 51.9 Å². The van der Waals surface area contributed by atoms with Crippen LogP contribution in [0.25, 0.3) is 21.7 Å². The van der Waals surface area contributed by atoms with Gasteiger partial charge in [0, 0.05) is 31.6 Å².